The van der Waals surface area contributed by atoms with Crippen molar-refractivity contribution in [2.24, 2.45) is 5.16 Å². The van der Waals surface area contributed by atoms with Crippen molar-refractivity contribution < 1.29 is 24.0 Å². The molecule has 1 aliphatic rings. The number of hydrogen-bond donors (Lipinski definition) is 4. The minimum absolute atomic E-state index is 0.0416. The molecule has 5 N–H and O–H groups in total. The molecule has 1 amide bonds. The van der Waals surface area contributed by atoms with E-state index in [0.717, 1.165) is 16.0 Å². The van der Waals surface area contributed by atoms with Crippen molar-refractivity contribution >= 4 is 35.8 Å². The van der Waals surface area contributed by atoms with Crippen LogP contribution in [0, 0.1) is 0 Å². The fraction of sp³-hybridized carbons (Fsp3) is 0.444. The molecule has 1 aliphatic heterocycles. The molecular formula is C9H14N5O5PS. The third kappa shape index (κ3) is 3.77. The lowest BCUT2D eigenvalue weighted by atomic mass is 10.1. The highest BCUT2D eigenvalue weighted by atomic mass is 32.1. The van der Waals surface area contributed by atoms with E-state index in [1.807, 2.05) is 0 Å². The van der Waals surface area contributed by atoms with Gasteiger partial charge in [-0.2, -0.15) is 0 Å². The zero-order valence-electron chi connectivity index (χ0n) is 11.0. The number of oxime groups is 1. The number of carbonyl (C=O) groups excluding carboxylic acids is 1. The number of thiazole rings is 1. The first kappa shape index (κ1) is 15.9. The first-order chi connectivity index (χ1) is 9.81. The lowest BCUT2D eigenvalue weighted by Crippen LogP contribution is -2.58. The average Bonchev–Trinajstić information content (AvgIpc) is 2.74. The first-order valence-corrected chi connectivity index (χ1v) is 8.20. The van der Waals surface area contributed by atoms with Crippen molar-refractivity contribution in [3.8, 4) is 0 Å². The summed E-state index contributed by atoms with van der Waals surface area (Å²) in [7, 11) is -2.95. The summed E-state index contributed by atoms with van der Waals surface area (Å²) in [4.78, 5) is 38.5. The van der Waals surface area contributed by atoms with Crippen LogP contribution in [0.25, 0.3) is 0 Å². The molecule has 1 fully saturated rings. The van der Waals surface area contributed by atoms with Gasteiger partial charge in [0.2, 0.25) is 0 Å². The Bertz CT molecular complexity index is 607. The molecule has 1 aromatic rings. The summed E-state index contributed by atoms with van der Waals surface area (Å²) < 4.78 is 11.9. The molecule has 0 bridgehead atoms. The summed E-state index contributed by atoms with van der Waals surface area (Å²) in [5.74, 6) is -0.544. The number of nitrogens with two attached hydrogens (primary N) is 1. The number of nitrogens with zero attached hydrogens (tertiary/aromatic N) is 3. The summed E-state index contributed by atoms with van der Waals surface area (Å²) in [5.41, 5.74) is 5.74. The largest absolute Gasteiger partial charge is 0.403 e. The van der Waals surface area contributed by atoms with Crippen molar-refractivity contribution in [3.63, 3.8) is 0 Å². The zero-order valence-corrected chi connectivity index (χ0v) is 12.7. The molecule has 1 aromatic heterocycles. The van der Waals surface area contributed by atoms with Gasteiger partial charge in [0.15, 0.2) is 10.8 Å². The van der Waals surface area contributed by atoms with Gasteiger partial charge < -0.3 is 25.7 Å². The van der Waals surface area contributed by atoms with Gasteiger partial charge >= 0.3 is 7.75 Å². The molecule has 0 spiro atoms. The number of nitrogens with one attached hydrogen (secondary N) is 1. The molecule has 0 aliphatic carbocycles. The van der Waals surface area contributed by atoms with Gasteiger partial charge in [-0.05, 0) is 0 Å². The van der Waals surface area contributed by atoms with Crippen LogP contribution < -0.4 is 11.1 Å². The van der Waals surface area contributed by atoms with E-state index < -0.39 is 13.7 Å². The average molecular weight is 335 g/mol. The van der Waals surface area contributed by atoms with Gasteiger partial charge in [0.05, 0.1) is 6.04 Å². The normalized spacial score (nSPS) is 17.4. The highest BCUT2D eigenvalue weighted by molar-refractivity contribution is 7.49. The number of aromatic nitrogens is 1. The Morgan fingerprint density at radius 3 is 2.81 bits per heavy atom. The Morgan fingerprint density at radius 2 is 2.33 bits per heavy atom. The second-order valence-electron chi connectivity index (χ2n) is 4.25. The van der Waals surface area contributed by atoms with Crippen LogP contribution in [-0.4, -0.2) is 57.3 Å². The maximum absolute atomic E-state index is 12.1. The Hall–Kier alpha value is -1.52. The van der Waals surface area contributed by atoms with Crippen molar-refractivity contribution in [2.45, 2.75) is 6.04 Å². The quantitative estimate of drug-likeness (QED) is 0.303. The van der Waals surface area contributed by atoms with Gasteiger partial charge in [0.1, 0.15) is 12.8 Å². The third-order valence-electron chi connectivity index (χ3n) is 2.73. The molecule has 0 aromatic carbocycles. The van der Waals surface area contributed by atoms with E-state index >= 15 is 0 Å². The van der Waals surface area contributed by atoms with Crippen LogP contribution >= 0.6 is 19.1 Å². The first-order valence-electron chi connectivity index (χ1n) is 5.75. The van der Waals surface area contributed by atoms with Crippen molar-refractivity contribution in [1.82, 2.24) is 15.0 Å². The predicted molar refractivity (Wildman–Crippen MR) is 75.6 cm³/mol. The Morgan fingerprint density at radius 1 is 1.67 bits per heavy atom. The number of carbonyl (C=O) groups is 1. The van der Waals surface area contributed by atoms with Crippen LogP contribution in [0.5, 0.6) is 0 Å². The minimum atomic E-state index is -4.24. The van der Waals surface area contributed by atoms with Crippen molar-refractivity contribution in [2.75, 3.05) is 25.9 Å². The van der Waals surface area contributed by atoms with Crippen LogP contribution in [0.2, 0.25) is 0 Å². The summed E-state index contributed by atoms with van der Waals surface area (Å²) in [6.45, 7) is 0.130. The minimum Gasteiger partial charge on any atom is -0.398 e. The standard InChI is InChI=1S/C9H14N5O5PS/c1-19-13-7(6-4-21-9(10)12-6)8(15)11-5-2-14(3-5)20(16,17)18/h4-5H,2-3H2,1H3,(H2,10,12)(H,11,15)(H2,16,17,18). The van der Waals surface area contributed by atoms with Crippen molar-refractivity contribution in [3.05, 3.63) is 11.1 Å². The molecule has 21 heavy (non-hydrogen) atoms. The van der Waals surface area contributed by atoms with Crippen LogP contribution in [0.15, 0.2) is 10.5 Å². The second-order valence-corrected chi connectivity index (χ2v) is 6.73. The molecular weight excluding hydrogens is 321 g/mol. The summed E-state index contributed by atoms with van der Waals surface area (Å²) >= 11 is 1.16. The predicted octanol–water partition coefficient (Wildman–Crippen LogP) is -1.03. The maximum Gasteiger partial charge on any atom is 0.403 e. The molecule has 10 nitrogen and oxygen atoms in total. The van der Waals surface area contributed by atoms with Crippen LogP contribution in [0.1, 0.15) is 5.69 Å². The van der Waals surface area contributed by atoms with Crippen molar-refractivity contribution in [1.29, 1.82) is 0 Å². The lowest BCUT2D eigenvalue weighted by Gasteiger charge is -2.38. The fourth-order valence-electron chi connectivity index (χ4n) is 1.71. The SMILES string of the molecule is CON=C(C(=O)NC1CN(P(=O)(O)O)C1)c1csc(N)n1. The van der Waals surface area contributed by atoms with E-state index in [0.29, 0.717) is 0 Å². The fourth-order valence-corrected chi connectivity index (χ4v) is 3.07. The van der Waals surface area contributed by atoms with Gasteiger partial charge in [0, 0.05) is 18.5 Å². The van der Waals surface area contributed by atoms with Gasteiger partial charge in [0.25, 0.3) is 5.91 Å². The molecule has 12 heteroatoms. The highest BCUT2D eigenvalue weighted by Gasteiger charge is 2.39. The van der Waals surface area contributed by atoms with E-state index in [4.69, 9.17) is 15.5 Å². The van der Waals surface area contributed by atoms with Gasteiger partial charge in [-0.1, -0.05) is 5.16 Å². The molecule has 0 unspecified atom stereocenters. The molecule has 0 radical (unpaired) electrons. The van der Waals surface area contributed by atoms with E-state index in [2.05, 4.69) is 20.3 Å². The summed E-state index contributed by atoms with van der Waals surface area (Å²) in [6, 6.07) is -0.372. The number of hydrogen-bond acceptors (Lipinski definition) is 7. The van der Waals surface area contributed by atoms with E-state index in [-0.39, 0.29) is 35.7 Å². The Balaban J connectivity index is 1.99. The maximum atomic E-state index is 12.1. The Kier molecular flexibility index (Phi) is 4.59. The molecule has 1 saturated heterocycles. The zero-order chi connectivity index (χ0) is 15.6. The number of nitrogen functional groups attached to an aromatic ring is 1. The molecule has 0 atom stereocenters. The lowest BCUT2D eigenvalue weighted by molar-refractivity contribution is -0.116. The van der Waals surface area contributed by atoms with Gasteiger partial charge in [-0.15, -0.1) is 11.3 Å². The summed E-state index contributed by atoms with van der Waals surface area (Å²) in [5, 5.41) is 8.07. The molecule has 2 heterocycles. The number of amides is 1. The topological polar surface area (TPSA) is 150 Å². The highest BCUT2D eigenvalue weighted by Crippen LogP contribution is 2.43. The van der Waals surface area contributed by atoms with Crippen LogP contribution in [0.3, 0.4) is 0 Å². The smallest absolute Gasteiger partial charge is 0.398 e. The van der Waals surface area contributed by atoms with E-state index in [1.165, 1.54) is 7.11 Å². The van der Waals surface area contributed by atoms with Gasteiger partial charge in [-0.25, -0.2) is 14.2 Å². The van der Waals surface area contributed by atoms with E-state index in [9.17, 15) is 9.36 Å². The summed E-state index contributed by atoms with van der Waals surface area (Å²) in [6.07, 6.45) is 0. The van der Waals surface area contributed by atoms with Crippen LogP contribution in [0.4, 0.5) is 5.13 Å². The van der Waals surface area contributed by atoms with E-state index in [1.54, 1.807) is 5.38 Å². The third-order valence-corrected chi connectivity index (χ3v) is 4.47. The molecule has 0 saturated carbocycles. The second kappa shape index (κ2) is 6.08. The molecule has 116 valence electrons. The number of anilines is 1. The monoisotopic (exact) mass is 335 g/mol. The van der Waals surface area contributed by atoms with Crippen LogP contribution in [-0.2, 0) is 14.2 Å². The molecule has 2 rings (SSSR count). The Labute approximate surface area is 123 Å². The van der Waals surface area contributed by atoms with Gasteiger partial charge in [-0.3, -0.25) is 4.79 Å². The number of rotatable bonds is 5.